The number of aromatic nitrogens is 2. The van der Waals surface area contributed by atoms with Crippen molar-refractivity contribution in [3.63, 3.8) is 0 Å². The molecule has 1 aliphatic heterocycles. The van der Waals surface area contributed by atoms with Crippen molar-refractivity contribution in [2.24, 2.45) is 11.5 Å². The topological polar surface area (TPSA) is 342 Å². The number of ether oxygens (including phenoxy) is 1. The lowest BCUT2D eigenvalue weighted by Crippen LogP contribution is -2.63. The number of amides is 1. The summed E-state index contributed by atoms with van der Waals surface area (Å²) >= 11 is 0. The predicted octanol–water partition coefficient (Wildman–Crippen LogP) is -4.52. The number of hydrogen-bond acceptors (Lipinski definition) is 14. The monoisotopic (exact) mass is 597 g/mol. The van der Waals surface area contributed by atoms with Gasteiger partial charge in [-0.2, -0.15) is 8.62 Å². The predicted molar refractivity (Wildman–Crippen MR) is 115 cm³/mol. The Hall–Kier alpha value is -1.93. The Morgan fingerprint density at radius 3 is 2.32 bits per heavy atom. The highest BCUT2D eigenvalue weighted by molar-refractivity contribution is 7.66. The van der Waals surface area contributed by atoms with E-state index in [0.717, 1.165) is 12.3 Å². The van der Waals surface area contributed by atoms with Gasteiger partial charge in [0.2, 0.25) is 5.91 Å². The summed E-state index contributed by atoms with van der Waals surface area (Å²) in [5, 5.41) is 12.8. The minimum atomic E-state index is -5.86. The zero-order valence-corrected chi connectivity index (χ0v) is 20.9. The Morgan fingerprint density at radius 2 is 1.78 bits per heavy atom. The molecule has 2 heterocycles. The SMILES string of the molecule is NCC(=O)NCC(=O)C1(N)[C@H](O)[C@@H](COP(=O)(O)OP(=O)(O)OP(=O)(O)O)O[C@H]1n1ccc(=O)[nH]c1=O. The number of H-pyrrole nitrogens is 1. The average molecular weight is 597 g/mol. The summed E-state index contributed by atoms with van der Waals surface area (Å²) in [6.45, 7) is -2.58. The van der Waals surface area contributed by atoms with Gasteiger partial charge >= 0.3 is 29.2 Å². The molecule has 2 rings (SSSR count). The van der Waals surface area contributed by atoms with Crippen LogP contribution in [0.3, 0.4) is 0 Å². The fourth-order valence-corrected chi connectivity index (χ4v) is 6.05. The molecule has 1 fully saturated rings. The number of hydrogen-bond donors (Lipinski definition) is 9. The summed E-state index contributed by atoms with van der Waals surface area (Å²) in [7, 11) is -17.2. The van der Waals surface area contributed by atoms with Gasteiger partial charge in [-0.05, 0) is 0 Å². The molecule has 21 nitrogen and oxygen atoms in total. The molecule has 1 aromatic heterocycles. The first kappa shape index (κ1) is 31.3. The van der Waals surface area contributed by atoms with Crippen molar-refractivity contribution < 1.29 is 65.8 Å². The van der Waals surface area contributed by atoms with Crippen molar-refractivity contribution in [1.29, 1.82) is 0 Å². The second kappa shape index (κ2) is 11.4. The summed E-state index contributed by atoms with van der Waals surface area (Å²) < 4.78 is 51.6. The number of aliphatic hydroxyl groups is 1. The van der Waals surface area contributed by atoms with Crippen molar-refractivity contribution in [3.8, 4) is 0 Å². The lowest BCUT2D eigenvalue weighted by molar-refractivity contribution is -0.132. The molecule has 0 radical (unpaired) electrons. The molecular formula is C13H22N5O16P3. The van der Waals surface area contributed by atoms with E-state index >= 15 is 0 Å². The van der Waals surface area contributed by atoms with E-state index in [4.69, 9.17) is 26.0 Å². The van der Waals surface area contributed by atoms with E-state index in [-0.39, 0.29) is 0 Å². The molecule has 6 atom stereocenters. The number of phosphoric ester groups is 1. The summed E-state index contributed by atoms with van der Waals surface area (Å²) in [5.74, 6) is -1.93. The quantitative estimate of drug-likeness (QED) is 0.102. The largest absolute Gasteiger partial charge is 0.490 e. The first-order valence-corrected chi connectivity index (χ1v) is 14.1. The van der Waals surface area contributed by atoms with Gasteiger partial charge in [0.05, 0.1) is 19.7 Å². The number of aromatic amines is 1. The third kappa shape index (κ3) is 8.03. The second-order valence-corrected chi connectivity index (χ2v) is 11.6. The zero-order valence-electron chi connectivity index (χ0n) is 18.2. The molecule has 0 bridgehead atoms. The maximum Gasteiger partial charge on any atom is 0.490 e. The number of ketones is 1. The van der Waals surface area contributed by atoms with Gasteiger partial charge in [0.15, 0.2) is 17.6 Å². The summed E-state index contributed by atoms with van der Waals surface area (Å²) in [6.07, 6.45) is -5.08. The highest BCUT2D eigenvalue weighted by Gasteiger charge is 2.59. The van der Waals surface area contributed by atoms with E-state index in [9.17, 15) is 47.8 Å². The van der Waals surface area contributed by atoms with Crippen LogP contribution in [0.4, 0.5) is 0 Å². The van der Waals surface area contributed by atoms with Gasteiger partial charge in [-0.25, -0.2) is 18.5 Å². The van der Waals surface area contributed by atoms with Crippen LogP contribution in [0.5, 0.6) is 0 Å². The van der Waals surface area contributed by atoms with Crippen LogP contribution < -0.4 is 28.0 Å². The molecule has 0 spiro atoms. The number of nitrogens with zero attached hydrogens (tertiary/aromatic N) is 1. The minimum Gasteiger partial charge on any atom is -0.388 e. The molecule has 0 aliphatic carbocycles. The molecule has 37 heavy (non-hydrogen) atoms. The molecule has 1 aliphatic rings. The van der Waals surface area contributed by atoms with Gasteiger partial charge in [0.1, 0.15) is 12.2 Å². The number of nitrogens with two attached hydrogens (primary N) is 2. The van der Waals surface area contributed by atoms with Crippen LogP contribution in [-0.4, -0.2) is 83.4 Å². The van der Waals surface area contributed by atoms with E-state index in [1.807, 2.05) is 4.98 Å². The number of phosphoric acid groups is 3. The summed E-state index contributed by atoms with van der Waals surface area (Å²) in [6, 6.07) is 0.831. The first-order valence-electron chi connectivity index (χ1n) is 9.53. The highest BCUT2D eigenvalue weighted by atomic mass is 31.3. The van der Waals surface area contributed by atoms with Gasteiger partial charge in [0.25, 0.3) is 5.56 Å². The van der Waals surface area contributed by atoms with Crippen LogP contribution in [0.15, 0.2) is 21.9 Å². The molecular weight excluding hydrogens is 575 g/mol. The molecule has 3 unspecified atom stereocenters. The van der Waals surface area contributed by atoms with Crippen LogP contribution in [0.25, 0.3) is 0 Å². The molecule has 1 aromatic rings. The maximum absolute atomic E-state index is 12.9. The van der Waals surface area contributed by atoms with Crippen LogP contribution in [0.1, 0.15) is 6.23 Å². The maximum atomic E-state index is 12.9. The van der Waals surface area contributed by atoms with Crippen molar-refractivity contribution in [2.45, 2.75) is 24.0 Å². The molecule has 1 amide bonds. The van der Waals surface area contributed by atoms with Gasteiger partial charge in [0, 0.05) is 12.3 Å². The molecule has 210 valence electrons. The third-order valence-electron chi connectivity index (χ3n) is 4.59. The molecule has 24 heteroatoms. The Bertz CT molecular complexity index is 1290. The number of carbonyl (C=O) groups is 2. The van der Waals surface area contributed by atoms with Crippen LogP contribution in [0, 0.1) is 0 Å². The normalized spacial score (nSPS) is 27.3. The fourth-order valence-electron chi connectivity index (χ4n) is 3.02. The smallest absolute Gasteiger partial charge is 0.388 e. The fraction of sp³-hybridized carbons (Fsp3) is 0.538. The summed E-state index contributed by atoms with van der Waals surface area (Å²) in [4.78, 5) is 85.8. The molecule has 1 saturated heterocycles. The van der Waals surface area contributed by atoms with E-state index < -0.39 is 90.1 Å². The van der Waals surface area contributed by atoms with Crippen molar-refractivity contribution in [3.05, 3.63) is 33.1 Å². The van der Waals surface area contributed by atoms with Gasteiger partial charge in [-0.1, -0.05) is 0 Å². The van der Waals surface area contributed by atoms with Crippen LogP contribution >= 0.6 is 23.5 Å². The Morgan fingerprint density at radius 1 is 1.16 bits per heavy atom. The Kier molecular flexibility index (Phi) is 9.67. The Labute approximate surface area is 204 Å². The number of rotatable bonds is 12. The van der Waals surface area contributed by atoms with E-state index in [2.05, 4.69) is 18.5 Å². The third-order valence-corrected chi connectivity index (χ3v) is 8.39. The molecule has 0 aromatic carbocycles. The number of aliphatic hydroxyl groups excluding tert-OH is 1. The summed E-state index contributed by atoms with van der Waals surface area (Å²) in [5.41, 5.74) is 6.63. The van der Waals surface area contributed by atoms with Crippen molar-refractivity contribution in [2.75, 3.05) is 19.7 Å². The van der Waals surface area contributed by atoms with Gasteiger partial charge in [-0.3, -0.25) is 28.5 Å². The van der Waals surface area contributed by atoms with E-state index in [1.165, 1.54) is 0 Å². The van der Waals surface area contributed by atoms with Gasteiger partial charge in [-0.15, -0.1) is 0 Å². The lowest BCUT2D eigenvalue weighted by Gasteiger charge is -2.31. The standard InChI is InChI=1S/C13H22N5O16P3/c14-3-9(21)16-4-7(19)13(15)10(22)6(32-11(13)18-2-1-8(20)17-12(18)23)5-31-36(27,28)34-37(29,30)33-35(24,25)26/h1-2,6,10-11,22H,3-5,14-15H2,(H,16,21)(H,27,28)(H,29,30)(H,17,20,23)(H2,24,25,26)/t6-,10-,11-,13?/m1/s1. The van der Waals surface area contributed by atoms with Crippen molar-refractivity contribution in [1.82, 2.24) is 14.9 Å². The molecule has 0 saturated carbocycles. The first-order chi connectivity index (χ1) is 16.8. The number of nitrogens with one attached hydrogen (secondary N) is 2. The minimum absolute atomic E-state index is 0.518. The van der Waals surface area contributed by atoms with Crippen LogP contribution in [-0.2, 0) is 41.2 Å². The lowest BCUT2D eigenvalue weighted by atomic mass is 9.86. The van der Waals surface area contributed by atoms with Gasteiger partial charge < -0.3 is 46.2 Å². The van der Waals surface area contributed by atoms with E-state index in [1.54, 1.807) is 0 Å². The zero-order chi connectivity index (χ0) is 28.4. The Balaban J connectivity index is 2.32. The van der Waals surface area contributed by atoms with Crippen LogP contribution in [0.2, 0.25) is 0 Å². The number of Topliss-reactive ketones (excluding diaryl/α,β-unsaturated/α-hetero) is 1. The number of carbonyl (C=O) groups excluding carboxylic acids is 2. The second-order valence-electron chi connectivity index (χ2n) is 7.21. The average Bonchev–Trinajstić information content (AvgIpc) is 2.99. The van der Waals surface area contributed by atoms with E-state index in [0.29, 0.717) is 4.57 Å². The highest BCUT2D eigenvalue weighted by Crippen LogP contribution is 2.66. The van der Waals surface area contributed by atoms with Crippen molar-refractivity contribution >= 4 is 35.2 Å². The molecule has 11 N–H and O–H groups in total.